The van der Waals surface area contributed by atoms with Crippen LogP contribution in [0.3, 0.4) is 0 Å². The number of hydrogen-bond donors (Lipinski definition) is 2. The first-order chi connectivity index (χ1) is 9.24. The van der Waals surface area contributed by atoms with Crippen molar-refractivity contribution in [3.63, 3.8) is 0 Å². The molecular weight excluding hydrogens is 243 g/mol. The first-order valence-corrected chi connectivity index (χ1v) is 6.04. The van der Waals surface area contributed by atoms with E-state index in [2.05, 4.69) is 10.6 Å². The van der Waals surface area contributed by atoms with Crippen LogP contribution in [0.1, 0.15) is 11.1 Å². The summed E-state index contributed by atoms with van der Waals surface area (Å²) < 4.78 is 12.7. The maximum atomic E-state index is 12.7. The summed E-state index contributed by atoms with van der Waals surface area (Å²) in [5, 5.41) is 5.47. The predicted octanol–water partition coefficient (Wildman–Crippen LogP) is 2.83. The van der Waals surface area contributed by atoms with Gasteiger partial charge in [-0.2, -0.15) is 0 Å². The van der Waals surface area contributed by atoms with Crippen LogP contribution in [-0.4, -0.2) is 6.03 Å². The van der Waals surface area contributed by atoms with E-state index >= 15 is 0 Å². The molecule has 0 aliphatic heterocycles. The van der Waals surface area contributed by atoms with Crippen LogP contribution in [0.2, 0.25) is 0 Å². The quantitative estimate of drug-likeness (QED) is 0.870. The standard InChI is InChI=1S/C15H15FN2O/c16-14-8-6-13(7-9-14)11-18-15(19)17-10-12-4-2-1-3-5-12/h1-9H,10-11H2,(H2,17,18,19). The molecule has 2 aromatic rings. The van der Waals surface area contributed by atoms with Crippen molar-refractivity contribution in [3.05, 3.63) is 71.5 Å². The summed E-state index contributed by atoms with van der Waals surface area (Å²) >= 11 is 0. The topological polar surface area (TPSA) is 41.1 Å². The molecule has 0 bridgehead atoms. The Kier molecular flexibility index (Phi) is 4.50. The van der Waals surface area contributed by atoms with Crippen molar-refractivity contribution >= 4 is 6.03 Å². The lowest BCUT2D eigenvalue weighted by molar-refractivity contribution is 0.240. The average Bonchev–Trinajstić information content (AvgIpc) is 2.45. The van der Waals surface area contributed by atoms with E-state index in [9.17, 15) is 9.18 Å². The minimum atomic E-state index is -0.280. The Balaban J connectivity index is 1.74. The zero-order chi connectivity index (χ0) is 13.5. The Hall–Kier alpha value is -2.36. The fraction of sp³-hybridized carbons (Fsp3) is 0.133. The van der Waals surface area contributed by atoms with Gasteiger partial charge in [0.05, 0.1) is 0 Å². The number of hydrogen-bond acceptors (Lipinski definition) is 1. The molecule has 0 aliphatic carbocycles. The van der Waals surface area contributed by atoms with Crippen LogP contribution in [0.5, 0.6) is 0 Å². The number of urea groups is 1. The number of benzene rings is 2. The molecule has 0 saturated heterocycles. The molecule has 2 aromatic carbocycles. The second-order valence-electron chi connectivity index (χ2n) is 4.15. The minimum absolute atomic E-state index is 0.242. The molecule has 0 heterocycles. The summed E-state index contributed by atoms with van der Waals surface area (Å²) in [6.07, 6.45) is 0. The van der Waals surface area contributed by atoms with E-state index < -0.39 is 0 Å². The highest BCUT2D eigenvalue weighted by Gasteiger charge is 2.00. The van der Waals surface area contributed by atoms with Gasteiger partial charge in [0.25, 0.3) is 0 Å². The summed E-state index contributed by atoms with van der Waals surface area (Å²) in [5.41, 5.74) is 1.90. The largest absolute Gasteiger partial charge is 0.334 e. The smallest absolute Gasteiger partial charge is 0.315 e. The van der Waals surface area contributed by atoms with Crippen LogP contribution in [0.15, 0.2) is 54.6 Å². The Labute approximate surface area is 111 Å². The monoisotopic (exact) mass is 258 g/mol. The van der Waals surface area contributed by atoms with E-state index in [-0.39, 0.29) is 11.8 Å². The first-order valence-electron chi connectivity index (χ1n) is 6.04. The van der Waals surface area contributed by atoms with E-state index in [0.717, 1.165) is 11.1 Å². The molecule has 0 fully saturated rings. The number of amides is 2. The summed E-state index contributed by atoms with van der Waals surface area (Å²) in [7, 11) is 0. The molecule has 2 amide bonds. The third kappa shape index (κ3) is 4.43. The van der Waals surface area contributed by atoms with Gasteiger partial charge in [-0.15, -0.1) is 0 Å². The van der Waals surface area contributed by atoms with Crippen LogP contribution in [0.4, 0.5) is 9.18 Å². The number of halogens is 1. The van der Waals surface area contributed by atoms with Gasteiger partial charge in [-0.1, -0.05) is 42.5 Å². The Bertz CT molecular complexity index is 526. The average molecular weight is 258 g/mol. The molecule has 0 radical (unpaired) electrons. The van der Waals surface area contributed by atoms with Gasteiger partial charge in [-0.3, -0.25) is 0 Å². The SMILES string of the molecule is O=C(NCc1ccccc1)NCc1ccc(F)cc1. The minimum Gasteiger partial charge on any atom is -0.334 e. The molecular formula is C15H15FN2O. The lowest BCUT2D eigenvalue weighted by atomic mass is 10.2. The molecule has 2 rings (SSSR count). The highest BCUT2D eigenvalue weighted by Crippen LogP contribution is 2.02. The van der Waals surface area contributed by atoms with Gasteiger partial charge in [0, 0.05) is 13.1 Å². The number of nitrogens with one attached hydrogen (secondary N) is 2. The summed E-state index contributed by atoms with van der Waals surface area (Å²) in [4.78, 5) is 11.6. The molecule has 0 aliphatic rings. The van der Waals surface area contributed by atoms with Crippen LogP contribution >= 0.6 is 0 Å². The van der Waals surface area contributed by atoms with Crippen molar-refractivity contribution in [1.29, 1.82) is 0 Å². The van der Waals surface area contributed by atoms with Gasteiger partial charge in [0.15, 0.2) is 0 Å². The van der Waals surface area contributed by atoms with Gasteiger partial charge >= 0.3 is 6.03 Å². The molecule has 0 atom stereocenters. The molecule has 0 unspecified atom stereocenters. The van der Waals surface area contributed by atoms with Gasteiger partial charge in [0.2, 0.25) is 0 Å². The van der Waals surface area contributed by atoms with Gasteiger partial charge in [0.1, 0.15) is 5.82 Å². The first kappa shape index (κ1) is 13.1. The summed E-state index contributed by atoms with van der Waals surface area (Å²) in [5.74, 6) is -0.280. The molecule has 19 heavy (non-hydrogen) atoms. The highest BCUT2D eigenvalue weighted by molar-refractivity contribution is 5.73. The van der Waals surface area contributed by atoms with Crippen molar-refractivity contribution in [2.75, 3.05) is 0 Å². The molecule has 98 valence electrons. The normalized spacial score (nSPS) is 9.95. The van der Waals surface area contributed by atoms with E-state index in [4.69, 9.17) is 0 Å². The van der Waals surface area contributed by atoms with Crippen molar-refractivity contribution in [2.24, 2.45) is 0 Å². The third-order valence-corrected chi connectivity index (χ3v) is 2.66. The zero-order valence-corrected chi connectivity index (χ0v) is 10.4. The second-order valence-corrected chi connectivity index (χ2v) is 4.15. The number of carbonyl (C=O) groups is 1. The molecule has 4 heteroatoms. The van der Waals surface area contributed by atoms with E-state index in [1.807, 2.05) is 30.3 Å². The number of rotatable bonds is 4. The lowest BCUT2D eigenvalue weighted by Gasteiger charge is -2.07. The molecule has 0 spiro atoms. The fourth-order valence-electron chi connectivity index (χ4n) is 1.63. The lowest BCUT2D eigenvalue weighted by Crippen LogP contribution is -2.34. The van der Waals surface area contributed by atoms with Crippen molar-refractivity contribution in [2.45, 2.75) is 13.1 Å². The summed E-state index contributed by atoms with van der Waals surface area (Å²) in [6, 6.07) is 15.5. The maximum Gasteiger partial charge on any atom is 0.315 e. The highest BCUT2D eigenvalue weighted by atomic mass is 19.1. The molecule has 0 saturated carbocycles. The van der Waals surface area contributed by atoms with Gasteiger partial charge in [-0.25, -0.2) is 9.18 Å². The fourth-order valence-corrected chi connectivity index (χ4v) is 1.63. The molecule has 3 nitrogen and oxygen atoms in total. The van der Waals surface area contributed by atoms with Crippen molar-refractivity contribution in [1.82, 2.24) is 10.6 Å². The van der Waals surface area contributed by atoms with Crippen LogP contribution in [-0.2, 0) is 13.1 Å². The number of carbonyl (C=O) groups excluding carboxylic acids is 1. The Morgan fingerprint density at radius 3 is 1.95 bits per heavy atom. The maximum absolute atomic E-state index is 12.7. The van der Waals surface area contributed by atoms with E-state index in [1.165, 1.54) is 12.1 Å². The Morgan fingerprint density at radius 2 is 1.37 bits per heavy atom. The van der Waals surface area contributed by atoms with Crippen LogP contribution in [0.25, 0.3) is 0 Å². The predicted molar refractivity (Wildman–Crippen MR) is 71.9 cm³/mol. The molecule has 2 N–H and O–H groups in total. The summed E-state index contributed by atoms with van der Waals surface area (Å²) in [6.45, 7) is 0.858. The van der Waals surface area contributed by atoms with Crippen LogP contribution < -0.4 is 10.6 Å². The van der Waals surface area contributed by atoms with E-state index in [1.54, 1.807) is 12.1 Å². The van der Waals surface area contributed by atoms with Crippen molar-refractivity contribution in [3.8, 4) is 0 Å². The molecule has 0 aromatic heterocycles. The Morgan fingerprint density at radius 1 is 0.842 bits per heavy atom. The van der Waals surface area contributed by atoms with Gasteiger partial charge in [-0.05, 0) is 23.3 Å². The third-order valence-electron chi connectivity index (χ3n) is 2.66. The van der Waals surface area contributed by atoms with Crippen molar-refractivity contribution < 1.29 is 9.18 Å². The second kappa shape index (κ2) is 6.54. The zero-order valence-electron chi connectivity index (χ0n) is 10.4. The van der Waals surface area contributed by atoms with Crippen LogP contribution in [0, 0.1) is 5.82 Å². The van der Waals surface area contributed by atoms with Gasteiger partial charge < -0.3 is 10.6 Å². The van der Waals surface area contributed by atoms with E-state index in [0.29, 0.717) is 13.1 Å².